The molecule has 6 nitrogen and oxygen atoms in total. The van der Waals surface area contributed by atoms with Crippen LogP contribution in [0, 0.1) is 0 Å². The van der Waals surface area contributed by atoms with E-state index < -0.39 is 12.8 Å². The van der Waals surface area contributed by atoms with Crippen molar-refractivity contribution in [1.82, 2.24) is 0 Å². The van der Waals surface area contributed by atoms with Gasteiger partial charge in [0.05, 0.1) is 5.69 Å². The zero-order valence-electron chi connectivity index (χ0n) is 9.69. The Morgan fingerprint density at radius 3 is 2.16 bits per heavy atom. The Balaban J connectivity index is 2.69. The quantitative estimate of drug-likeness (QED) is 0.560. The molecule has 0 amide bonds. The molecule has 0 aromatic heterocycles. The molecule has 0 spiro atoms. The first kappa shape index (κ1) is 14.6. The van der Waals surface area contributed by atoms with Crippen molar-refractivity contribution in [2.75, 3.05) is 6.61 Å². The summed E-state index contributed by atoms with van der Waals surface area (Å²) in [6, 6.07) is 5.49. The molecule has 0 saturated carbocycles. The van der Waals surface area contributed by atoms with Gasteiger partial charge in [0.2, 0.25) is 5.96 Å². The number of rotatable bonds is 3. The van der Waals surface area contributed by atoms with E-state index in [9.17, 15) is 13.2 Å². The first-order chi connectivity index (χ1) is 8.76. The van der Waals surface area contributed by atoms with Crippen molar-refractivity contribution in [1.29, 1.82) is 0 Å². The molecule has 6 N–H and O–H groups in total. The van der Waals surface area contributed by atoms with E-state index in [2.05, 4.69) is 14.7 Å². The standard InChI is InChI=1S/C10H12F3N5O/c11-10(12,13)5-19-7-3-1-6(2-4-7)17-9(16)18-8(14)15/h1-4H,5H2,(H6,14,15,16,17,18). The van der Waals surface area contributed by atoms with Gasteiger partial charge in [-0.2, -0.15) is 18.2 Å². The van der Waals surface area contributed by atoms with Gasteiger partial charge in [-0.3, -0.25) is 0 Å². The van der Waals surface area contributed by atoms with Gasteiger partial charge in [-0.05, 0) is 24.3 Å². The number of alkyl halides is 3. The van der Waals surface area contributed by atoms with Crippen LogP contribution in [0.2, 0.25) is 0 Å². The topological polar surface area (TPSA) is 112 Å². The van der Waals surface area contributed by atoms with Crippen LogP contribution in [-0.2, 0) is 0 Å². The lowest BCUT2D eigenvalue weighted by Crippen LogP contribution is -2.26. The molecular weight excluding hydrogens is 263 g/mol. The lowest BCUT2D eigenvalue weighted by Gasteiger charge is -2.08. The van der Waals surface area contributed by atoms with Crippen molar-refractivity contribution in [2.24, 2.45) is 27.2 Å². The molecule has 0 aliphatic carbocycles. The van der Waals surface area contributed by atoms with Crippen LogP contribution >= 0.6 is 0 Å². The zero-order chi connectivity index (χ0) is 14.5. The second kappa shape index (κ2) is 5.94. The maximum atomic E-state index is 11.9. The molecule has 0 saturated heterocycles. The second-order valence-corrected chi connectivity index (χ2v) is 3.40. The predicted molar refractivity (Wildman–Crippen MR) is 65.1 cm³/mol. The number of hydrogen-bond acceptors (Lipinski definition) is 2. The van der Waals surface area contributed by atoms with Crippen LogP contribution in [0.1, 0.15) is 0 Å². The molecule has 19 heavy (non-hydrogen) atoms. The van der Waals surface area contributed by atoms with E-state index in [-0.39, 0.29) is 17.7 Å². The van der Waals surface area contributed by atoms with E-state index >= 15 is 0 Å². The average molecular weight is 275 g/mol. The van der Waals surface area contributed by atoms with E-state index in [0.29, 0.717) is 5.69 Å². The van der Waals surface area contributed by atoms with E-state index in [1.165, 1.54) is 24.3 Å². The fraction of sp³-hybridized carbons (Fsp3) is 0.200. The van der Waals surface area contributed by atoms with Crippen LogP contribution in [0.5, 0.6) is 5.75 Å². The van der Waals surface area contributed by atoms with Crippen molar-refractivity contribution < 1.29 is 17.9 Å². The predicted octanol–water partition coefficient (Wildman–Crippen LogP) is 0.847. The molecule has 1 aromatic carbocycles. The Bertz CT molecular complexity index is 477. The summed E-state index contributed by atoms with van der Waals surface area (Å²) in [5.74, 6) is -0.341. The highest BCUT2D eigenvalue weighted by Crippen LogP contribution is 2.21. The van der Waals surface area contributed by atoms with Crippen LogP contribution in [0.4, 0.5) is 18.9 Å². The van der Waals surface area contributed by atoms with Crippen molar-refractivity contribution in [3.8, 4) is 5.75 Å². The first-order valence-corrected chi connectivity index (χ1v) is 5.00. The lowest BCUT2D eigenvalue weighted by atomic mass is 10.3. The third-order valence-corrected chi connectivity index (χ3v) is 1.73. The molecule has 0 unspecified atom stereocenters. The number of hydrogen-bond donors (Lipinski definition) is 3. The maximum absolute atomic E-state index is 11.9. The van der Waals surface area contributed by atoms with Gasteiger partial charge in [0.15, 0.2) is 12.6 Å². The number of aliphatic imine (C=N–C) groups is 2. The van der Waals surface area contributed by atoms with Gasteiger partial charge in [0, 0.05) is 0 Å². The molecule has 9 heteroatoms. The van der Waals surface area contributed by atoms with E-state index in [1.54, 1.807) is 0 Å². The summed E-state index contributed by atoms with van der Waals surface area (Å²) in [5, 5.41) is 0. The summed E-state index contributed by atoms with van der Waals surface area (Å²) in [6.45, 7) is -1.36. The molecule has 0 heterocycles. The molecule has 0 aliphatic heterocycles. The van der Waals surface area contributed by atoms with Crippen LogP contribution in [0.25, 0.3) is 0 Å². The number of nitrogens with two attached hydrogens (primary N) is 3. The SMILES string of the molecule is NC(N)=NC(N)=Nc1ccc(OCC(F)(F)F)cc1. The fourth-order valence-electron chi connectivity index (χ4n) is 1.07. The fourth-order valence-corrected chi connectivity index (χ4v) is 1.07. The summed E-state index contributed by atoms with van der Waals surface area (Å²) in [7, 11) is 0. The molecular formula is C10H12F3N5O. The Morgan fingerprint density at radius 1 is 1.11 bits per heavy atom. The molecule has 0 radical (unpaired) electrons. The summed E-state index contributed by atoms with van der Waals surface area (Å²) in [6.07, 6.45) is -4.38. The van der Waals surface area contributed by atoms with Crippen LogP contribution < -0.4 is 21.9 Å². The van der Waals surface area contributed by atoms with Gasteiger partial charge in [0.1, 0.15) is 5.75 Å². The molecule has 0 aliphatic rings. The van der Waals surface area contributed by atoms with Crippen molar-refractivity contribution in [2.45, 2.75) is 6.18 Å². The largest absolute Gasteiger partial charge is 0.484 e. The van der Waals surface area contributed by atoms with Gasteiger partial charge < -0.3 is 21.9 Å². The number of benzene rings is 1. The van der Waals surface area contributed by atoms with Gasteiger partial charge in [-0.15, -0.1) is 0 Å². The number of ether oxygens (including phenoxy) is 1. The smallest absolute Gasteiger partial charge is 0.422 e. The minimum Gasteiger partial charge on any atom is -0.484 e. The Morgan fingerprint density at radius 2 is 1.68 bits per heavy atom. The third kappa shape index (κ3) is 6.15. The van der Waals surface area contributed by atoms with Gasteiger partial charge >= 0.3 is 6.18 Å². The van der Waals surface area contributed by atoms with Crippen LogP contribution in [0.3, 0.4) is 0 Å². The highest BCUT2D eigenvalue weighted by molar-refractivity contribution is 5.93. The summed E-state index contributed by atoms with van der Waals surface area (Å²) in [4.78, 5) is 7.30. The number of halogens is 3. The Labute approximate surface area is 106 Å². The van der Waals surface area contributed by atoms with Crippen molar-refractivity contribution in [3.63, 3.8) is 0 Å². The molecule has 1 rings (SSSR count). The Kier molecular flexibility index (Phi) is 4.56. The van der Waals surface area contributed by atoms with Crippen molar-refractivity contribution in [3.05, 3.63) is 24.3 Å². The third-order valence-electron chi connectivity index (χ3n) is 1.73. The van der Waals surface area contributed by atoms with Crippen molar-refractivity contribution >= 4 is 17.6 Å². The summed E-state index contributed by atoms with van der Waals surface area (Å²) < 4.78 is 40.3. The summed E-state index contributed by atoms with van der Waals surface area (Å²) >= 11 is 0. The second-order valence-electron chi connectivity index (χ2n) is 3.40. The highest BCUT2D eigenvalue weighted by Gasteiger charge is 2.28. The highest BCUT2D eigenvalue weighted by atomic mass is 19.4. The maximum Gasteiger partial charge on any atom is 0.422 e. The van der Waals surface area contributed by atoms with Gasteiger partial charge in [-0.1, -0.05) is 0 Å². The molecule has 1 aromatic rings. The summed E-state index contributed by atoms with van der Waals surface area (Å²) in [5.41, 5.74) is 15.9. The number of nitrogens with zero attached hydrogens (tertiary/aromatic N) is 2. The van der Waals surface area contributed by atoms with E-state index in [1.807, 2.05) is 0 Å². The van der Waals surface area contributed by atoms with Crippen LogP contribution in [0.15, 0.2) is 34.3 Å². The monoisotopic (exact) mass is 275 g/mol. The lowest BCUT2D eigenvalue weighted by molar-refractivity contribution is -0.153. The molecule has 104 valence electrons. The van der Waals surface area contributed by atoms with Crippen LogP contribution in [-0.4, -0.2) is 24.7 Å². The molecule has 0 bridgehead atoms. The normalized spacial score (nSPS) is 12.1. The van der Waals surface area contributed by atoms with E-state index in [0.717, 1.165) is 0 Å². The zero-order valence-corrected chi connectivity index (χ0v) is 9.69. The minimum atomic E-state index is -4.38. The van der Waals surface area contributed by atoms with Gasteiger partial charge in [0.25, 0.3) is 0 Å². The van der Waals surface area contributed by atoms with E-state index in [4.69, 9.17) is 17.2 Å². The first-order valence-electron chi connectivity index (χ1n) is 5.00. The molecule has 0 fully saturated rings. The number of guanidine groups is 2. The average Bonchev–Trinajstić information content (AvgIpc) is 2.26. The van der Waals surface area contributed by atoms with Gasteiger partial charge in [-0.25, -0.2) is 4.99 Å². The minimum absolute atomic E-state index is 0.0664. The molecule has 0 atom stereocenters. The Hall–Kier alpha value is -2.45.